The van der Waals surface area contributed by atoms with E-state index in [2.05, 4.69) is 20.3 Å². The third kappa shape index (κ3) is 7.77. The standard InChI is InChI=1S/C20H26F2N4O3.C7H14O/c21-16-11-15-18(12-17(16)22)29-24-19(15)26-9-7-25(8-10-26)6-5-13-1-3-14(4-2-13)23-20(27)28;1-8-7-5-3-2-4-6-7/h11-14,23H,1-10H2,(H,27,28);7H,2-6H2,1H3/t13-,14-;. The summed E-state index contributed by atoms with van der Waals surface area (Å²) in [4.78, 5) is 15.2. The second kappa shape index (κ2) is 13.4. The summed E-state index contributed by atoms with van der Waals surface area (Å²) in [7, 11) is 1.82. The Balaban J connectivity index is 0.000000342. The van der Waals surface area contributed by atoms with Gasteiger partial charge < -0.3 is 24.6 Å². The fourth-order valence-corrected chi connectivity index (χ4v) is 5.77. The number of hydrogen-bond donors (Lipinski definition) is 2. The minimum Gasteiger partial charge on any atom is -0.465 e. The van der Waals surface area contributed by atoms with Crippen LogP contribution in [0.5, 0.6) is 0 Å². The minimum absolute atomic E-state index is 0.0999. The Morgan fingerprint density at radius 2 is 1.73 bits per heavy atom. The number of fused-ring (bicyclic) bond motifs is 1. The molecule has 0 atom stereocenters. The van der Waals surface area contributed by atoms with E-state index in [0.29, 0.717) is 23.2 Å². The van der Waals surface area contributed by atoms with Crippen molar-refractivity contribution in [2.45, 2.75) is 76.4 Å². The van der Waals surface area contributed by atoms with E-state index in [1.54, 1.807) is 0 Å². The SMILES string of the molecule is COC1CCCCC1.O=C(O)N[C@H]1CC[C@H](CCN2CCN(c3noc4cc(F)c(F)cc34)CC2)CC1. The van der Waals surface area contributed by atoms with Gasteiger partial charge in [0.2, 0.25) is 0 Å². The molecule has 1 aromatic carbocycles. The van der Waals surface area contributed by atoms with Crippen molar-refractivity contribution in [3.8, 4) is 0 Å². The maximum Gasteiger partial charge on any atom is 0.404 e. The Hall–Kier alpha value is -2.46. The van der Waals surface area contributed by atoms with Gasteiger partial charge in [-0.15, -0.1) is 0 Å². The quantitative estimate of drug-likeness (QED) is 0.524. The molecule has 1 aliphatic heterocycles. The van der Waals surface area contributed by atoms with Crippen molar-refractivity contribution in [3.05, 3.63) is 23.8 Å². The van der Waals surface area contributed by atoms with Crippen molar-refractivity contribution in [2.24, 2.45) is 5.92 Å². The van der Waals surface area contributed by atoms with Gasteiger partial charge in [-0.2, -0.15) is 0 Å². The first-order valence-corrected chi connectivity index (χ1v) is 13.7. The predicted molar refractivity (Wildman–Crippen MR) is 138 cm³/mol. The number of nitrogens with one attached hydrogen (secondary N) is 1. The van der Waals surface area contributed by atoms with E-state index in [1.807, 2.05) is 7.11 Å². The number of ether oxygens (including phenoxy) is 1. The molecule has 2 aliphatic carbocycles. The second-order valence-corrected chi connectivity index (χ2v) is 10.5. The van der Waals surface area contributed by atoms with Gasteiger partial charge in [0.15, 0.2) is 23.0 Å². The number of nitrogens with zero attached hydrogens (tertiary/aromatic N) is 3. The van der Waals surface area contributed by atoms with Crippen LogP contribution in [0.4, 0.5) is 19.4 Å². The molecule has 0 spiro atoms. The number of hydrogen-bond acceptors (Lipinski definition) is 6. The van der Waals surface area contributed by atoms with Gasteiger partial charge in [-0.1, -0.05) is 24.4 Å². The van der Waals surface area contributed by atoms with E-state index < -0.39 is 17.7 Å². The number of carbonyl (C=O) groups is 1. The summed E-state index contributed by atoms with van der Waals surface area (Å²) in [6.07, 6.45) is 11.5. The van der Waals surface area contributed by atoms with Crippen LogP contribution in [0, 0.1) is 17.6 Å². The molecule has 206 valence electrons. The normalized spacial score (nSPS) is 23.5. The average molecular weight is 523 g/mol. The lowest BCUT2D eigenvalue weighted by Gasteiger charge is -2.36. The maximum atomic E-state index is 13.6. The topological polar surface area (TPSA) is 91.1 Å². The number of rotatable bonds is 6. The first kappa shape index (κ1) is 27.6. The Bertz CT molecular complexity index is 998. The molecule has 0 radical (unpaired) electrons. The van der Waals surface area contributed by atoms with Crippen LogP contribution in [0.25, 0.3) is 11.0 Å². The summed E-state index contributed by atoms with van der Waals surface area (Å²) < 4.78 is 37.3. The van der Waals surface area contributed by atoms with E-state index in [1.165, 1.54) is 32.1 Å². The van der Waals surface area contributed by atoms with Crippen LogP contribution in [0.3, 0.4) is 0 Å². The molecule has 8 nitrogen and oxygen atoms in total. The number of amides is 1. The molecule has 0 unspecified atom stereocenters. The third-order valence-corrected chi connectivity index (χ3v) is 8.08. The fourth-order valence-electron chi connectivity index (χ4n) is 5.77. The fraction of sp³-hybridized carbons (Fsp3) is 0.704. The number of piperazine rings is 1. The summed E-state index contributed by atoms with van der Waals surface area (Å²) in [6, 6.07) is 2.29. The number of halogens is 2. The van der Waals surface area contributed by atoms with Crippen LogP contribution in [0.15, 0.2) is 16.7 Å². The number of aromatic nitrogens is 1. The zero-order valence-electron chi connectivity index (χ0n) is 21.8. The highest BCUT2D eigenvalue weighted by Gasteiger charge is 2.25. The largest absolute Gasteiger partial charge is 0.465 e. The molecule has 2 aromatic rings. The smallest absolute Gasteiger partial charge is 0.404 e. The molecule has 2 saturated carbocycles. The summed E-state index contributed by atoms with van der Waals surface area (Å²) in [5.74, 6) is -0.605. The predicted octanol–water partition coefficient (Wildman–Crippen LogP) is 5.41. The lowest BCUT2D eigenvalue weighted by Crippen LogP contribution is -2.47. The molecule has 2 N–H and O–H groups in total. The molecule has 0 bridgehead atoms. The van der Waals surface area contributed by atoms with Gasteiger partial charge in [0.05, 0.1) is 11.5 Å². The molecule has 37 heavy (non-hydrogen) atoms. The van der Waals surface area contributed by atoms with Gasteiger partial charge in [-0.05, 0) is 63.5 Å². The van der Waals surface area contributed by atoms with Crippen molar-refractivity contribution in [3.63, 3.8) is 0 Å². The van der Waals surface area contributed by atoms with E-state index >= 15 is 0 Å². The van der Waals surface area contributed by atoms with Crippen molar-refractivity contribution in [1.29, 1.82) is 0 Å². The van der Waals surface area contributed by atoms with Gasteiger partial charge >= 0.3 is 6.09 Å². The Labute approximate surface area is 217 Å². The van der Waals surface area contributed by atoms with Crippen LogP contribution in [-0.4, -0.2) is 73.2 Å². The third-order valence-electron chi connectivity index (χ3n) is 8.08. The highest BCUT2D eigenvalue weighted by molar-refractivity contribution is 5.88. The van der Waals surface area contributed by atoms with E-state index in [-0.39, 0.29) is 11.6 Å². The molecule has 1 aromatic heterocycles. The van der Waals surface area contributed by atoms with Gasteiger partial charge in [-0.25, -0.2) is 13.6 Å². The highest BCUT2D eigenvalue weighted by Crippen LogP contribution is 2.30. The molecule has 10 heteroatoms. The Kier molecular flexibility index (Phi) is 9.96. The van der Waals surface area contributed by atoms with Gasteiger partial charge in [0.1, 0.15) is 0 Å². The van der Waals surface area contributed by atoms with Gasteiger partial charge in [0.25, 0.3) is 0 Å². The molecular weight excluding hydrogens is 482 g/mol. The molecule has 2 heterocycles. The lowest BCUT2D eigenvalue weighted by atomic mass is 9.84. The Morgan fingerprint density at radius 1 is 1.05 bits per heavy atom. The highest BCUT2D eigenvalue weighted by atomic mass is 19.2. The summed E-state index contributed by atoms with van der Waals surface area (Å²) in [5.41, 5.74) is 0.259. The molecule has 3 aliphatic rings. The molecular formula is C27H40F2N4O4. The molecule has 3 fully saturated rings. The van der Waals surface area contributed by atoms with Gasteiger partial charge in [-0.3, -0.25) is 4.90 Å². The second-order valence-electron chi connectivity index (χ2n) is 10.5. The first-order valence-electron chi connectivity index (χ1n) is 13.7. The maximum absolute atomic E-state index is 13.6. The van der Waals surface area contributed by atoms with Crippen molar-refractivity contribution < 1.29 is 27.9 Å². The summed E-state index contributed by atoms with van der Waals surface area (Å²) in [6.45, 7) is 4.31. The zero-order chi connectivity index (χ0) is 26.2. The zero-order valence-corrected chi connectivity index (χ0v) is 21.8. The van der Waals surface area contributed by atoms with Crippen LogP contribution < -0.4 is 10.2 Å². The van der Waals surface area contributed by atoms with Crippen LogP contribution in [0.1, 0.15) is 64.2 Å². The molecule has 5 rings (SSSR count). The average Bonchev–Trinajstić information content (AvgIpc) is 3.31. The monoisotopic (exact) mass is 522 g/mol. The summed E-state index contributed by atoms with van der Waals surface area (Å²) >= 11 is 0. The van der Waals surface area contributed by atoms with Crippen molar-refractivity contribution in [1.82, 2.24) is 15.4 Å². The molecule has 1 amide bonds. The van der Waals surface area contributed by atoms with Crippen LogP contribution in [0.2, 0.25) is 0 Å². The van der Waals surface area contributed by atoms with Crippen LogP contribution in [-0.2, 0) is 4.74 Å². The van der Waals surface area contributed by atoms with Crippen LogP contribution >= 0.6 is 0 Å². The van der Waals surface area contributed by atoms with E-state index in [9.17, 15) is 13.6 Å². The number of benzene rings is 1. The van der Waals surface area contributed by atoms with E-state index in [0.717, 1.165) is 77.0 Å². The molecule has 1 saturated heterocycles. The van der Waals surface area contributed by atoms with Crippen molar-refractivity contribution in [2.75, 3.05) is 44.7 Å². The first-order chi connectivity index (χ1) is 17.9. The number of anilines is 1. The Morgan fingerprint density at radius 3 is 2.35 bits per heavy atom. The van der Waals surface area contributed by atoms with Crippen molar-refractivity contribution >= 4 is 22.9 Å². The minimum atomic E-state index is -0.933. The van der Waals surface area contributed by atoms with Gasteiger partial charge in [0, 0.05) is 45.4 Å². The van der Waals surface area contributed by atoms with E-state index in [4.69, 9.17) is 14.4 Å². The lowest BCUT2D eigenvalue weighted by molar-refractivity contribution is 0.0710. The number of carboxylic acid groups (broad SMARTS) is 1. The summed E-state index contributed by atoms with van der Waals surface area (Å²) in [5, 5.41) is 15.9. The number of methoxy groups -OCH3 is 1.